The van der Waals surface area contributed by atoms with Crippen LogP contribution in [0, 0.1) is 0 Å². The molecule has 0 bridgehead atoms. The fourth-order valence-corrected chi connectivity index (χ4v) is 3.76. The third-order valence-electron chi connectivity index (χ3n) is 4.48. The van der Waals surface area contributed by atoms with Crippen molar-refractivity contribution in [1.29, 1.82) is 0 Å². The maximum absolute atomic E-state index is 5.43. The van der Waals surface area contributed by atoms with Crippen molar-refractivity contribution in [3.05, 3.63) is 95.4 Å². The molecule has 0 spiro atoms. The smallest absolute Gasteiger partial charge is 0.231 e. The second-order valence-corrected chi connectivity index (χ2v) is 7.22. The molecule has 5 nitrogen and oxygen atoms in total. The Bertz CT molecular complexity index is 1110. The van der Waals surface area contributed by atoms with E-state index >= 15 is 0 Å². The molecule has 0 radical (unpaired) electrons. The van der Waals surface area contributed by atoms with Gasteiger partial charge in [-0.25, -0.2) is 10.0 Å². The van der Waals surface area contributed by atoms with Crippen LogP contribution >= 0.6 is 11.8 Å². The van der Waals surface area contributed by atoms with Crippen LogP contribution in [0.1, 0.15) is 11.1 Å². The molecule has 5 rings (SSSR count). The number of ether oxygens (including phenoxy) is 2. The number of benzene rings is 3. The first-order chi connectivity index (χ1) is 14.4. The number of fused-ring (bicyclic) bond motifs is 1. The van der Waals surface area contributed by atoms with Crippen molar-refractivity contribution in [2.45, 2.75) is 0 Å². The van der Waals surface area contributed by atoms with Gasteiger partial charge in [-0.1, -0.05) is 60.3 Å². The monoisotopic (exact) mass is 399 g/mol. The van der Waals surface area contributed by atoms with Crippen LogP contribution in [0.4, 0.5) is 5.69 Å². The molecule has 0 unspecified atom stereocenters. The molecule has 2 heterocycles. The Labute approximate surface area is 173 Å². The molecular weight excluding hydrogens is 382 g/mol. The Morgan fingerprint density at radius 2 is 1.66 bits per heavy atom. The van der Waals surface area contributed by atoms with E-state index in [4.69, 9.17) is 14.6 Å². The van der Waals surface area contributed by atoms with Crippen molar-refractivity contribution in [3.63, 3.8) is 0 Å². The summed E-state index contributed by atoms with van der Waals surface area (Å²) in [5.41, 5.74) is 4.04. The third-order valence-corrected chi connectivity index (χ3v) is 5.22. The van der Waals surface area contributed by atoms with E-state index in [2.05, 4.69) is 22.5 Å². The van der Waals surface area contributed by atoms with Crippen LogP contribution in [-0.4, -0.2) is 18.2 Å². The minimum absolute atomic E-state index is 0.261. The number of aliphatic imine (C=N–C) groups is 1. The molecule has 0 amide bonds. The second-order valence-electron chi connectivity index (χ2n) is 6.39. The summed E-state index contributed by atoms with van der Waals surface area (Å²) in [6.07, 6.45) is 1.79. The Kier molecular flexibility index (Phi) is 4.76. The quantitative estimate of drug-likeness (QED) is 0.557. The predicted octanol–water partition coefficient (Wildman–Crippen LogP) is 5.36. The molecule has 0 saturated heterocycles. The number of anilines is 1. The van der Waals surface area contributed by atoms with Gasteiger partial charge in [-0.15, -0.1) is 5.10 Å². The maximum atomic E-state index is 5.43. The molecule has 0 fully saturated rings. The van der Waals surface area contributed by atoms with Crippen LogP contribution < -0.4 is 14.5 Å². The Hall–Kier alpha value is -3.51. The summed E-state index contributed by atoms with van der Waals surface area (Å²) >= 11 is 1.50. The van der Waals surface area contributed by atoms with Crippen molar-refractivity contribution in [3.8, 4) is 11.5 Å². The van der Waals surface area contributed by atoms with E-state index in [0.29, 0.717) is 5.17 Å². The standard InChI is InChI=1S/C23H17N3O2S/c1-3-7-18(8-4-1)20-15-29-23(25-26(20)19-9-5-2-6-10-19)24-14-17-11-12-21-22(13-17)28-16-27-21/h1-15H,16H2/b24-14+. The Balaban J connectivity index is 1.45. The van der Waals surface area contributed by atoms with Crippen molar-refractivity contribution < 1.29 is 9.47 Å². The van der Waals surface area contributed by atoms with Gasteiger partial charge < -0.3 is 9.47 Å². The van der Waals surface area contributed by atoms with E-state index in [1.165, 1.54) is 11.8 Å². The topological polar surface area (TPSA) is 46.4 Å². The second kappa shape index (κ2) is 7.85. The number of hydrogen-bond acceptors (Lipinski definition) is 6. The number of hydrogen-bond donors (Lipinski definition) is 0. The highest BCUT2D eigenvalue weighted by Gasteiger charge is 2.19. The molecule has 3 aromatic carbocycles. The average molecular weight is 399 g/mol. The number of hydrazone groups is 1. The van der Waals surface area contributed by atoms with Crippen LogP contribution in [0.15, 0.2) is 94.4 Å². The van der Waals surface area contributed by atoms with Crippen molar-refractivity contribution >= 4 is 34.5 Å². The number of amidine groups is 1. The summed E-state index contributed by atoms with van der Waals surface area (Å²) in [7, 11) is 0. The van der Waals surface area contributed by atoms with Gasteiger partial charge in [-0.2, -0.15) is 0 Å². The predicted molar refractivity (Wildman–Crippen MR) is 119 cm³/mol. The van der Waals surface area contributed by atoms with E-state index in [0.717, 1.165) is 34.0 Å². The molecule has 142 valence electrons. The molecule has 0 atom stereocenters. The normalized spacial score (nSPS) is 15.4. The number of para-hydroxylation sites is 1. The van der Waals surface area contributed by atoms with Gasteiger partial charge in [0.15, 0.2) is 11.5 Å². The lowest BCUT2D eigenvalue weighted by atomic mass is 10.1. The van der Waals surface area contributed by atoms with Crippen LogP contribution in [0.5, 0.6) is 11.5 Å². The highest BCUT2D eigenvalue weighted by atomic mass is 32.2. The zero-order valence-electron chi connectivity index (χ0n) is 15.4. The molecule has 0 N–H and O–H groups in total. The van der Waals surface area contributed by atoms with E-state index in [9.17, 15) is 0 Å². The first-order valence-electron chi connectivity index (χ1n) is 9.16. The van der Waals surface area contributed by atoms with Gasteiger partial charge in [0, 0.05) is 17.2 Å². The summed E-state index contributed by atoms with van der Waals surface area (Å²) < 4.78 is 10.8. The van der Waals surface area contributed by atoms with Crippen LogP contribution in [0.3, 0.4) is 0 Å². The maximum Gasteiger partial charge on any atom is 0.231 e. The van der Waals surface area contributed by atoms with Crippen LogP contribution in [-0.2, 0) is 0 Å². The molecule has 0 saturated carbocycles. The summed E-state index contributed by atoms with van der Waals surface area (Å²) in [4.78, 5) is 4.59. The molecular formula is C23H17N3O2S. The van der Waals surface area contributed by atoms with E-state index in [1.807, 2.05) is 71.7 Å². The van der Waals surface area contributed by atoms with Gasteiger partial charge in [0.25, 0.3) is 0 Å². The lowest BCUT2D eigenvalue weighted by Crippen LogP contribution is -2.19. The van der Waals surface area contributed by atoms with Gasteiger partial charge in [0.05, 0.1) is 11.4 Å². The third kappa shape index (κ3) is 3.75. The number of rotatable bonds is 3. The highest BCUT2D eigenvalue weighted by molar-refractivity contribution is 8.16. The Morgan fingerprint density at radius 1 is 0.897 bits per heavy atom. The lowest BCUT2D eigenvalue weighted by Gasteiger charge is -2.25. The fraction of sp³-hybridized carbons (Fsp3) is 0.0435. The summed E-state index contributed by atoms with van der Waals surface area (Å²) in [6, 6.07) is 26.1. The van der Waals surface area contributed by atoms with E-state index < -0.39 is 0 Å². The molecule has 0 aliphatic carbocycles. The Morgan fingerprint density at radius 3 is 2.48 bits per heavy atom. The molecule has 2 aliphatic heterocycles. The minimum atomic E-state index is 0.261. The van der Waals surface area contributed by atoms with Gasteiger partial charge >= 0.3 is 0 Å². The van der Waals surface area contributed by atoms with Crippen molar-refractivity contribution in [1.82, 2.24) is 0 Å². The SMILES string of the molecule is C1=C(c2ccccc2)N(c2ccccc2)N=C(/N=C/c2ccc3c(c2)OCO3)S1. The molecule has 29 heavy (non-hydrogen) atoms. The lowest BCUT2D eigenvalue weighted by molar-refractivity contribution is 0.174. The zero-order chi connectivity index (χ0) is 19.5. The fourth-order valence-electron chi connectivity index (χ4n) is 3.07. The first kappa shape index (κ1) is 17.6. The van der Waals surface area contributed by atoms with Gasteiger partial charge in [-0.05, 0) is 35.9 Å². The summed E-state index contributed by atoms with van der Waals surface area (Å²) in [5.74, 6) is 1.50. The minimum Gasteiger partial charge on any atom is -0.454 e. The zero-order valence-corrected chi connectivity index (χ0v) is 16.3. The largest absolute Gasteiger partial charge is 0.454 e. The van der Waals surface area contributed by atoms with Gasteiger partial charge in [-0.3, -0.25) is 0 Å². The summed E-state index contributed by atoms with van der Waals surface area (Å²) in [5, 5.41) is 9.46. The van der Waals surface area contributed by atoms with E-state index in [-0.39, 0.29) is 6.79 Å². The number of nitrogens with zero attached hydrogens (tertiary/aromatic N) is 3. The van der Waals surface area contributed by atoms with Gasteiger partial charge in [0.2, 0.25) is 12.0 Å². The van der Waals surface area contributed by atoms with Crippen molar-refractivity contribution in [2.75, 3.05) is 11.8 Å². The van der Waals surface area contributed by atoms with E-state index in [1.54, 1.807) is 6.21 Å². The first-order valence-corrected chi connectivity index (χ1v) is 10.0. The van der Waals surface area contributed by atoms with Crippen LogP contribution in [0.2, 0.25) is 0 Å². The molecule has 0 aromatic heterocycles. The molecule has 6 heteroatoms. The average Bonchev–Trinajstić information content (AvgIpc) is 3.27. The molecule has 2 aliphatic rings. The number of thioether (sulfide) groups is 1. The van der Waals surface area contributed by atoms with Crippen molar-refractivity contribution in [2.24, 2.45) is 10.1 Å². The molecule has 3 aromatic rings. The summed E-state index contributed by atoms with van der Waals surface area (Å²) in [6.45, 7) is 0.261. The van der Waals surface area contributed by atoms with Gasteiger partial charge in [0.1, 0.15) is 0 Å². The highest BCUT2D eigenvalue weighted by Crippen LogP contribution is 2.34. The van der Waals surface area contributed by atoms with Crippen LogP contribution in [0.25, 0.3) is 5.70 Å².